The number of benzene rings is 1. The standard InChI is InChI=1S/C13H16N2/c1-15(2)8-7-13(10-14)9-11-5-3-4-6-12(11)13/h3-6H,7-9H2,1-2H3/t13-/m0/s1. The molecule has 1 aliphatic rings. The number of nitriles is 1. The number of rotatable bonds is 3. The molecule has 0 saturated heterocycles. The molecule has 0 heterocycles. The molecule has 0 saturated carbocycles. The maximum absolute atomic E-state index is 9.33. The third-order valence-electron chi connectivity index (χ3n) is 3.22. The van der Waals surface area contributed by atoms with Crippen molar-refractivity contribution in [2.45, 2.75) is 18.3 Å². The summed E-state index contributed by atoms with van der Waals surface area (Å²) in [6, 6.07) is 10.8. The Balaban J connectivity index is 2.19. The first-order valence-electron chi connectivity index (χ1n) is 5.32. The third-order valence-corrected chi connectivity index (χ3v) is 3.22. The molecule has 0 amide bonds. The van der Waals surface area contributed by atoms with E-state index >= 15 is 0 Å². The molecule has 78 valence electrons. The number of fused-ring (bicyclic) bond motifs is 1. The maximum atomic E-state index is 9.33. The molecule has 0 radical (unpaired) electrons. The fourth-order valence-corrected chi connectivity index (χ4v) is 2.25. The van der Waals surface area contributed by atoms with Crippen molar-refractivity contribution in [3.8, 4) is 6.07 Å². The summed E-state index contributed by atoms with van der Waals surface area (Å²) in [6.45, 7) is 0.974. The van der Waals surface area contributed by atoms with Crippen LogP contribution in [0.25, 0.3) is 0 Å². The first-order chi connectivity index (χ1) is 7.18. The first-order valence-corrected chi connectivity index (χ1v) is 5.32. The van der Waals surface area contributed by atoms with E-state index in [0.29, 0.717) is 0 Å². The van der Waals surface area contributed by atoms with Crippen molar-refractivity contribution in [1.29, 1.82) is 5.26 Å². The van der Waals surface area contributed by atoms with Crippen LogP contribution in [0.15, 0.2) is 24.3 Å². The molecular weight excluding hydrogens is 184 g/mol. The van der Waals surface area contributed by atoms with Crippen LogP contribution in [0, 0.1) is 11.3 Å². The number of hydrogen-bond donors (Lipinski definition) is 0. The van der Waals surface area contributed by atoms with Gasteiger partial charge in [-0.25, -0.2) is 0 Å². The van der Waals surface area contributed by atoms with Crippen molar-refractivity contribution < 1.29 is 0 Å². The van der Waals surface area contributed by atoms with E-state index in [1.807, 2.05) is 12.1 Å². The van der Waals surface area contributed by atoms with Crippen LogP contribution < -0.4 is 0 Å². The average Bonchev–Trinajstić information content (AvgIpc) is 2.20. The van der Waals surface area contributed by atoms with E-state index in [1.54, 1.807) is 0 Å². The highest BCUT2D eigenvalue weighted by molar-refractivity contribution is 5.49. The van der Waals surface area contributed by atoms with Gasteiger partial charge in [-0.2, -0.15) is 5.26 Å². The molecule has 0 aliphatic heterocycles. The Bertz CT molecular complexity index is 403. The second-order valence-corrected chi connectivity index (χ2v) is 4.58. The molecule has 1 aliphatic carbocycles. The summed E-state index contributed by atoms with van der Waals surface area (Å²) in [6.07, 6.45) is 1.86. The monoisotopic (exact) mass is 200 g/mol. The van der Waals surface area contributed by atoms with E-state index in [-0.39, 0.29) is 5.41 Å². The molecule has 0 aromatic heterocycles. The smallest absolute Gasteiger partial charge is 0.0877 e. The third kappa shape index (κ3) is 1.64. The van der Waals surface area contributed by atoms with Gasteiger partial charge in [0.1, 0.15) is 0 Å². The van der Waals surface area contributed by atoms with E-state index in [1.165, 1.54) is 11.1 Å². The Hall–Kier alpha value is -1.33. The molecule has 0 bridgehead atoms. The minimum absolute atomic E-state index is 0.207. The Morgan fingerprint density at radius 2 is 2.13 bits per heavy atom. The van der Waals surface area contributed by atoms with Gasteiger partial charge in [0.2, 0.25) is 0 Å². The van der Waals surface area contributed by atoms with E-state index in [2.05, 4.69) is 37.2 Å². The molecular formula is C13H16N2. The van der Waals surface area contributed by atoms with Gasteiger partial charge in [-0.1, -0.05) is 24.3 Å². The van der Waals surface area contributed by atoms with Gasteiger partial charge in [-0.3, -0.25) is 0 Å². The summed E-state index contributed by atoms with van der Waals surface area (Å²) < 4.78 is 0. The summed E-state index contributed by atoms with van der Waals surface area (Å²) in [4.78, 5) is 2.14. The van der Waals surface area contributed by atoms with Crippen molar-refractivity contribution in [2.75, 3.05) is 20.6 Å². The Kier molecular flexibility index (Phi) is 2.50. The van der Waals surface area contributed by atoms with Crippen LogP contribution in [0.1, 0.15) is 17.5 Å². The van der Waals surface area contributed by atoms with Crippen molar-refractivity contribution in [3.05, 3.63) is 35.4 Å². The number of hydrogen-bond acceptors (Lipinski definition) is 2. The van der Waals surface area contributed by atoms with Crippen LogP contribution in [0.2, 0.25) is 0 Å². The minimum atomic E-state index is -0.207. The Morgan fingerprint density at radius 1 is 1.40 bits per heavy atom. The van der Waals surface area contributed by atoms with Gasteiger partial charge in [-0.05, 0) is 44.6 Å². The fourth-order valence-electron chi connectivity index (χ4n) is 2.25. The van der Waals surface area contributed by atoms with Gasteiger partial charge in [0.15, 0.2) is 0 Å². The number of nitrogens with zero attached hydrogens (tertiary/aromatic N) is 2. The quantitative estimate of drug-likeness (QED) is 0.745. The van der Waals surface area contributed by atoms with E-state index in [0.717, 1.165) is 19.4 Å². The zero-order chi connectivity index (χ0) is 10.9. The lowest BCUT2D eigenvalue weighted by Crippen LogP contribution is -2.39. The highest BCUT2D eigenvalue weighted by Crippen LogP contribution is 2.43. The van der Waals surface area contributed by atoms with Gasteiger partial charge in [0, 0.05) is 0 Å². The van der Waals surface area contributed by atoms with Crippen LogP contribution >= 0.6 is 0 Å². The largest absolute Gasteiger partial charge is 0.309 e. The molecule has 2 heteroatoms. The molecule has 1 atom stereocenters. The normalized spacial score (nSPS) is 23.1. The van der Waals surface area contributed by atoms with Crippen molar-refractivity contribution >= 4 is 0 Å². The molecule has 0 unspecified atom stereocenters. The van der Waals surface area contributed by atoms with Gasteiger partial charge in [0.25, 0.3) is 0 Å². The van der Waals surface area contributed by atoms with Crippen molar-refractivity contribution in [3.63, 3.8) is 0 Å². The highest BCUT2D eigenvalue weighted by atomic mass is 15.0. The van der Waals surface area contributed by atoms with Crippen LogP contribution in [0.5, 0.6) is 0 Å². The van der Waals surface area contributed by atoms with Crippen LogP contribution in [-0.2, 0) is 11.8 Å². The van der Waals surface area contributed by atoms with Crippen molar-refractivity contribution in [2.24, 2.45) is 0 Å². The zero-order valence-corrected chi connectivity index (χ0v) is 9.33. The second-order valence-electron chi connectivity index (χ2n) is 4.58. The summed E-state index contributed by atoms with van der Waals surface area (Å²) in [5, 5.41) is 9.33. The molecule has 2 rings (SSSR count). The molecule has 2 nitrogen and oxygen atoms in total. The topological polar surface area (TPSA) is 27.0 Å². The lowest BCUT2D eigenvalue weighted by Gasteiger charge is -2.39. The van der Waals surface area contributed by atoms with E-state index < -0.39 is 0 Å². The molecule has 15 heavy (non-hydrogen) atoms. The predicted molar refractivity (Wildman–Crippen MR) is 60.6 cm³/mol. The molecule has 0 fully saturated rings. The van der Waals surface area contributed by atoms with Crippen LogP contribution in [-0.4, -0.2) is 25.5 Å². The Morgan fingerprint density at radius 3 is 2.73 bits per heavy atom. The van der Waals surface area contributed by atoms with E-state index in [4.69, 9.17) is 0 Å². The second kappa shape index (κ2) is 3.67. The lowest BCUT2D eigenvalue weighted by molar-refractivity contribution is 0.333. The molecule has 1 aromatic carbocycles. The zero-order valence-electron chi connectivity index (χ0n) is 9.33. The van der Waals surface area contributed by atoms with Crippen LogP contribution in [0.3, 0.4) is 0 Å². The predicted octanol–water partition coefficient (Wildman–Crippen LogP) is 1.96. The Labute approximate surface area is 91.1 Å². The summed E-state index contributed by atoms with van der Waals surface area (Å²) in [7, 11) is 4.10. The fraction of sp³-hybridized carbons (Fsp3) is 0.462. The molecule has 0 N–H and O–H groups in total. The van der Waals surface area contributed by atoms with Crippen molar-refractivity contribution in [1.82, 2.24) is 4.90 Å². The lowest BCUT2D eigenvalue weighted by atomic mass is 9.63. The summed E-state index contributed by atoms with van der Waals surface area (Å²) in [5.41, 5.74) is 2.38. The summed E-state index contributed by atoms with van der Waals surface area (Å²) >= 11 is 0. The average molecular weight is 200 g/mol. The SMILES string of the molecule is CN(C)CC[C@@]1(C#N)Cc2ccccc21. The minimum Gasteiger partial charge on any atom is -0.309 e. The summed E-state index contributed by atoms with van der Waals surface area (Å²) in [5.74, 6) is 0. The van der Waals surface area contributed by atoms with Crippen LogP contribution in [0.4, 0.5) is 0 Å². The van der Waals surface area contributed by atoms with Gasteiger partial charge < -0.3 is 4.90 Å². The highest BCUT2D eigenvalue weighted by Gasteiger charge is 2.42. The maximum Gasteiger partial charge on any atom is 0.0877 e. The molecule has 0 spiro atoms. The van der Waals surface area contributed by atoms with E-state index in [9.17, 15) is 5.26 Å². The van der Waals surface area contributed by atoms with Gasteiger partial charge >= 0.3 is 0 Å². The van der Waals surface area contributed by atoms with Gasteiger partial charge in [-0.15, -0.1) is 0 Å². The first kappa shape index (κ1) is 10.2. The molecule has 1 aromatic rings. The van der Waals surface area contributed by atoms with Gasteiger partial charge in [0.05, 0.1) is 11.5 Å².